The van der Waals surface area contributed by atoms with Gasteiger partial charge in [0.2, 0.25) is 0 Å². The Bertz CT molecular complexity index is 137. The fourth-order valence-corrected chi connectivity index (χ4v) is 0.934. The van der Waals surface area contributed by atoms with Crippen molar-refractivity contribution in [2.24, 2.45) is 11.8 Å². The number of aliphatic hydroxyl groups excluding tert-OH is 1. The number of nitriles is 1. The van der Waals surface area contributed by atoms with Gasteiger partial charge < -0.3 is 5.11 Å². The Morgan fingerprint density at radius 2 is 2.00 bits per heavy atom. The highest BCUT2D eigenvalue weighted by atomic mass is 16.3. The summed E-state index contributed by atoms with van der Waals surface area (Å²) in [5.41, 5.74) is 0. The molecule has 0 radical (unpaired) electrons. The predicted octanol–water partition coefficient (Wildman–Crippen LogP) is 1.94. The highest BCUT2D eigenvalue weighted by molar-refractivity contribution is 4.86. The van der Waals surface area contributed by atoms with E-state index in [1.165, 1.54) is 0 Å². The average molecular weight is 155 g/mol. The van der Waals surface area contributed by atoms with Crippen LogP contribution in [0.2, 0.25) is 0 Å². The van der Waals surface area contributed by atoms with E-state index in [-0.39, 0.29) is 12.0 Å². The van der Waals surface area contributed by atoms with Crippen LogP contribution in [0.1, 0.15) is 33.6 Å². The Balaban J connectivity index is 3.80. The van der Waals surface area contributed by atoms with Crippen LogP contribution >= 0.6 is 0 Å². The first kappa shape index (κ1) is 10.4. The van der Waals surface area contributed by atoms with Gasteiger partial charge in [-0.05, 0) is 18.8 Å². The first-order valence-electron chi connectivity index (χ1n) is 4.19. The first-order chi connectivity index (χ1) is 5.11. The molecule has 2 atom stereocenters. The maximum absolute atomic E-state index is 9.26. The number of hydrogen-bond acceptors (Lipinski definition) is 2. The van der Waals surface area contributed by atoms with Gasteiger partial charge in [-0.3, -0.25) is 0 Å². The molecule has 0 aliphatic carbocycles. The Morgan fingerprint density at radius 3 is 2.27 bits per heavy atom. The number of aliphatic hydroxyl groups is 1. The van der Waals surface area contributed by atoms with Crippen molar-refractivity contribution in [3.8, 4) is 6.07 Å². The van der Waals surface area contributed by atoms with Crippen molar-refractivity contribution in [2.75, 3.05) is 0 Å². The smallest absolute Gasteiger partial charge is 0.0659 e. The third-order valence-electron chi connectivity index (χ3n) is 1.97. The third-order valence-corrected chi connectivity index (χ3v) is 1.97. The van der Waals surface area contributed by atoms with Gasteiger partial charge in [-0.25, -0.2) is 0 Å². The molecule has 0 aromatic rings. The lowest BCUT2D eigenvalue weighted by atomic mass is 9.91. The Hall–Kier alpha value is -0.550. The summed E-state index contributed by atoms with van der Waals surface area (Å²) < 4.78 is 0. The van der Waals surface area contributed by atoms with Gasteiger partial charge in [-0.2, -0.15) is 5.26 Å². The second kappa shape index (κ2) is 5.15. The minimum atomic E-state index is -0.304. The van der Waals surface area contributed by atoms with Crippen molar-refractivity contribution in [2.45, 2.75) is 39.7 Å². The maximum atomic E-state index is 9.26. The van der Waals surface area contributed by atoms with Crippen LogP contribution in [0.15, 0.2) is 0 Å². The lowest BCUT2D eigenvalue weighted by Crippen LogP contribution is -2.15. The summed E-state index contributed by atoms with van der Waals surface area (Å²) in [6.07, 6.45) is 1.05. The molecule has 1 N–H and O–H groups in total. The van der Waals surface area contributed by atoms with Gasteiger partial charge in [0, 0.05) is 0 Å². The summed E-state index contributed by atoms with van der Waals surface area (Å²) in [7, 11) is 0. The van der Waals surface area contributed by atoms with Crippen LogP contribution in [0, 0.1) is 23.2 Å². The van der Waals surface area contributed by atoms with E-state index in [0.717, 1.165) is 6.42 Å². The third kappa shape index (κ3) is 4.00. The van der Waals surface area contributed by atoms with Gasteiger partial charge >= 0.3 is 0 Å². The van der Waals surface area contributed by atoms with Crippen molar-refractivity contribution >= 4 is 0 Å². The Kier molecular flexibility index (Phi) is 4.89. The number of rotatable bonds is 4. The molecule has 2 nitrogen and oxygen atoms in total. The standard InChI is InChI=1S/C9H17NO/c1-4-9(11)5-8(6-10)7(2)3/h7-9,11H,4-5H2,1-3H3. The molecule has 0 aliphatic rings. The van der Waals surface area contributed by atoms with Gasteiger partial charge in [0.1, 0.15) is 0 Å². The van der Waals surface area contributed by atoms with Crippen LogP contribution in [-0.2, 0) is 0 Å². The van der Waals surface area contributed by atoms with Gasteiger partial charge in [-0.1, -0.05) is 20.8 Å². The topological polar surface area (TPSA) is 44.0 Å². The summed E-state index contributed by atoms with van der Waals surface area (Å²) >= 11 is 0. The zero-order valence-electron chi connectivity index (χ0n) is 7.54. The van der Waals surface area contributed by atoms with E-state index >= 15 is 0 Å². The molecule has 2 unspecified atom stereocenters. The zero-order valence-corrected chi connectivity index (χ0v) is 7.54. The van der Waals surface area contributed by atoms with Crippen molar-refractivity contribution in [3.63, 3.8) is 0 Å². The molecule has 0 saturated carbocycles. The van der Waals surface area contributed by atoms with E-state index in [2.05, 4.69) is 6.07 Å². The normalized spacial score (nSPS) is 16.0. The highest BCUT2D eigenvalue weighted by Gasteiger charge is 2.15. The van der Waals surface area contributed by atoms with Gasteiger partial charge in [0.05, 0.1) is 18.1 Å². The van der Waals surface area contributed by atoms with E-state index in [1.807, 2.05) is 20.8 Å². The van der Waals surface area contributed by atoms with E-state index in [4.69, 9.17) is 5.26 Å². The van der Waals surface area contributed by atoms with Crippen LogP contribution in [0.4, 0.5) is 0 Å². The Labute approximate surface area is 68.8 Å². The van der Waals surface area contributed by atoms with Crippen molar-refractivity contribution in [3.05, 3.63) is 0 Å². The van der Waals surface area contributed by atoms with Gasteiger partial charge in [0.15, 0.2) is 0 Å². The molecule has 0 aromatic heterocycles. The maximum Gasteiger partial charge on any atom is 0.0659 e. The second-order valence-corrected chi connectivity index (χ2v) is 3.28. The summed E-state index contributed by atoms with van der Waals surface area (Å²) in [6, 6.07) is 2.21. The second-order valence-electron chi connectivity index (χ2n) is 3.28. The van der Waals surface area contributed by atoms with Gasteiger partial charge in [0.25, 0.3) is 0 Å². The lowest BCUT2D eigenvalue weighted by molar-refractivity contribution is 0.138. The van der Waals surface area contributed by atoms with Crippen LogP contribution in [-0.4, -0.2) is 11.2 Å². The minimum Gasteiger partial charge on any atom is -0.393 e. The molecule has 0 bridgehead atoms. The monoisotopic (exact) mass is 155 g/mol. The number of nitrogens with zero attached hydrogens (tertiary/aromatic N) is 1. The average Bonchev–Trinajstić information content (AvgIpc) is 1.99. The SMILES string of the molecule is CCC(O)CC(C#N)C(C)C. The largest absolute Gasteiger partial charge is 0.393 e. The lowest BCUT2D eigenvalue weighted by Gasteiger charge is -2.15. The fourth-order valence-electron chi connectivity index (χ4n) is 0.934. The van der Waals surface area contributed by atoms with Crippen molar-refractivity contribution < 1.29 is 5.11 Å². The summed E-state index contributed by atoms with van der Waals surface area (Å²) in [5.74, 6) is 0.353. The van der Waals surface area contributed by atoms with Crippen molar-refractivity contribution in [1.29, 1.82) is 5.26 Å². The fraction of sp³-hybridized carbons (Fsp3) is 0.889. The minimum absolute atomic E-state index is 0.00458. The number of hydrogen-bond donors (Lipinski definition) is 1. The molecule has 0 amide bonds. The molecule has 2 heteroatoms. The molecule has 0 rings (SSSR count). The quantitative estimate of drug-likeness (QED) is 0.674. The molecule has 0 heterocycles. The molecule has 11 heavy (non-hydrogen) atoms. The summed E-state index contributed by atoms with van der Waals surface area (Å²) in [4.78, 5) is 0. The van der Waals surface area contributed by atoms with Crippen LogP contribution < -0.4 is 0 Å². The van der Waals surface area contributed by atoms with Crippen LogP contribution in [0.3, 0.4) is 0 Å². The Morgan fingerprint density at radius 1 is 1.45 bits per heavy atom. The summed E-state index contributed by atoms with van der Waals surface area (Å²) in [6.45, 7) is 5.95. The molecule has 0 aromatic carbocycles. The molecular weight excluding hydrogens is 138 g/mol. The zero-order chi connectivity index (χ0) is 8.85. The van der Waals surface area contributed by atoms with Crippen molar-refractivity contribution in [1.82, 2.24) is 0 Å². The van der Waals surface area contributed by atoms with Crippen LogP contribution in [0.25, 0.3) is 0 Å². The highest BCUT2D eigenvalue weighted by Crippen LogP contribution is 2.16. The molecule has 0 aliphatic heterocycles. The van der Waals surface area contributed by atoms with E-state index in [0.29, 0.717) is 12.3 Å². The van der Waals surface area contributed by atoms with E-state index in [9.17, 15) is 5.11 Å². The molecule has 0 saturated heterocycles. The predicted molar refractivity (Wildman–Crippen MR) is 44.9 cm³/mol. The molecular formula is C9H17NO. The first-order valence-corrected chi connectivity index (χ1v) is 4.19. The van der Waals surface area contributed by atoms with Gasteiger partial charge in [-0.15, -0.1) is 0 Å². The molecule has 0 spiro atoms. The van der Waals surface area contributed by atoms with E-state index < -0.39 is 0 Å². The summed E-state index contributed by atoms with van der Waals surface area (Å²) in [5, 5.41) is 17.9. The van der Waals surface area contributed by atoms with Crippen LogP contribution in [0.5, 0.6) is 0 Å². The molecule has 64 valence electrons. The molecule has 0 fully saturated rings. The van der Waals surface area contributed by atoms with E-state index in [1.54, 1.807) is 0 Å².